The number of nitrogens with two attached hydrogens (primary N) is 1. The van der Waals surface area contributed by atoms with Crippen LogP contribution in [0.2, 0.25) is 5.02 Å². The van der Waals surface area contributed by atoms with E-state index in [1.54, 1.807) is 18.2 Å². The molecule has 0 atom stereocenters. The first-order chi connectivity index (χ1) is 9.08. The lowest BCUT2D eigenvalue weighted by molar-refractivity contribution is 0.594. The summed E-state index contributed by atoms with van der Waals surface area (Å²) in [5.41, 5.74) is 6.75. The highest BCUT2D eigenvalue weighted by molar-refractivity contribution is 6.35. The van der Waals surface area contributed by atoms with Crippen LogP contribution in [0.15, 0.2) is 36.4 Å². The first kappa shape index (κ1) is 11.9. The Morgan fingerprint density at radius 2 is 1.95 bits per heavy atom. The molecule has 0 saturated carbocycles. The third-order valence-corrected chi connectivity index (χ3v) is 3.12. The van der Waals surface area contributed by atoms with E-state index in [0.29, 0.717) is 16.1 Å². The van der Waals surface area contributed by atoms with Crippen LogP contribution in [0.25, 0.3) is 16.7 Å². The highest BCUT2D eigenvalue weighted by Crippen LogP contribution is 2.29. The van der Waals surface area contributed by atoms with Crippen molar-refractivity contribution in [1.29, 1.82) is 0 Å². The molecule has 3 nitrogen and oxygen atoms in total. The number of benzene rings is 2. The molecule has 1 aromatic heterocycles. The molecule has 0 aliphatic rings. The summed E-state index contributed by atoms with van der Waals surface area (Å²) in [6, 6.07) is 8.19. The number of hydrogen-bond donors (Lipinski definition) is 1. The number of imidazole rings is 1. The van der Waals surface area contributed by atoms with E-state index in [9.17, 15) is 8.78 Å². The van der Waals surface area contributed by atoms with E-state index in [-0.39, 0.29) is 11.6 Å². The minimum absolute atomic E-state index is 0.00210. The molecular formula is C13H8ClF2N3. The van der Waals surface area contributed by atoms with Gasteiger partial charge in [0.2, 0.25) is 5.95 Å². The Kier molecular flexibility index (Phi) is 2.64. The standard InChI is InChI=1S/C13H8ClF2N3/c14-8-2-1-3-10-12(8)18-13(17)19(10)11-6-7(15)4-5-9(11)16/h1-6H,(H2,17,18). The van der Waals surface area contributed by atoms with Crippen molar-refractivity contribution < 1.29 is 8.78 Å². The van der Waals surface area contributed by atoms with Crippen LogP contribution in [-0.2, 0) is 0 Å². The number of nitrogen functional groups attached to an aromatic ring is 1. The molecule has 0 aliphatic heterocycles. The molecule has 0 aliphatic carbocycles. The minimum atomic E-state index is -0.590. The molecule has 2 N–H and O–H groups in total. The van der Waals surface area contributed by atoms with E-state index in [0.717, 1.165) is 18.2 Å². The summed E-state index contributed by atoms with van der Waals surface area (Å²) in [6.45, 7) is 0. The van der Waals surface area contributed by atoms with Crippen LogP contribution >= 0.6 is 11.6 Å². The fourth-order valence-electron chi connectivity index (χ4n) is 1.99. The minimum Gasteiger partial charge on any atom is -0.369 e. The van der Waals surface area contributed by atoms with Gasteiger partial charge in [-0.2, -0.15) is 0 Å². The molecule has 0 bridgehead atoms. The highest BCUT2D eigenvalue weighted by atomic mass is 35.5. The van der Waals surface area contributed by atoms with E-state index in [1.807, 2.05) is 0 Å². The summed E-state index contributed by atoms with van der Waals surface area (Å²) >= 11 is 6.00. The molecular weight excluding hydrogens is 272 g/mol. The normalized spacial score (nSPS) is 11.1. The second-order valence-electron chi connectivity index (χ2n) is 4.01. The number of halogens is 3. The molecule has 0 amide bonds. The first-order valence-corrected chi connectivity index (χ1v) is 5.83. The van der Waals surface area contributed by atoms with Gasteiger partial charge in [-0.1, -0.05) is 17.7 Å². The number of rotatable bonds is 1. The Labute approximate surface area is 112 Å². The Balaban J connectivity index is 2.39. The van der Waals surface area contributed by atoms with E-state index >= 15 is 0 Å². The maximum Gasteiger partial charge on any atom is 0.206 e. The molecule has 0 spiro atoms. The lowest BCUT2D eigenvalue weighted by Gasteiger charge is -2.07. The highest BCUT2D eigenvalue weighted by Gasteiger charge is 2.15. The Morgan fingerprint density at radius 3 is 2.74 bits per heavy atom. The zero-order chi connectivity index (χ0) is 13.6. The van der Waals surface area contributed by atoms with Crippen LogP contribution < -0.4 is 5.73 Å². The average molecular weight is 280 g/mol. The molecule has 6 heteroatoms. The SMILES string of the molecule is Nc1nc2c(Cl)cccc2n1-c1cc(F)ccc1F. The maximum atomic E-state index is 13.8. The molecule has 3 aromatic rings. The molecule has 0 saturated heterocycles. The topological polar surface area (TPSA) is 43.8 Å². The molecule has 19 heavy (non-hydrogen) atoms. The van der Waals surface area contributed by atoms with Crippen molar-refractivity contribution in [2.75, 3.05) is 5.73 Å². The van der Waals surface area contributed by atoms with Crippen molar-refractivity contribution in [2.24, 2.45) is 0 Å². The van der Waals surface area contributed by atoms with Crippen molar-refractivity contribution in [3.8, 4) is 5.69 Å². The monoisotopic (exact) mass is 279 g/mol. The van der Waals surface area contributed by atoms with Crippen molar-refractivity contribution in [1.82, 2.24) is 9.55 Å². The predicted octanol–water partition coefficient (Wildman–Crippen LogP) is 3.54. The van der Waals surface area contributed by atoms with Gasteiger partial charge in [0.1, 0.15) is 17.2 Å². The molecule has 0 radical (unpaired) electrons. The van der Waals surface area contributed by atoms with Crippen LogP contribution in [0.1, 0.15) is 0 Å². The number of fused-ring (bicyclic) bond motifs is 1. The third kappa shape index (κ3) is 1.82. The number of nitrogens with zero attached hydrogens (tertiary/aromatic N) is 2. The Hall–Kier alpha value is -2.14. The van der Waals surface area contributed by atoms with Gasteiger partial charge in [0.25, 0.3) is 0 Å². The second kappa shape index (κ2) is 4.20. The largest absolute Gasteiger partial charge is 0.369 e. The molecule has 96 valence electrons. The number of aromatic nitrogens is 2. The summed E-state index contributed by atoms with van der Waals surface area (Å²) in [5.74, 6) is -1.10. The summed E-state index contributed by atoms with van der Waals surface area (Å²) in [6.07, 6.45) is 0. The third-order valence-electron chi connectivity index (χ3n) is 2.81. The van der Waals surface area contributed by atoms with Crippen LogP contribution in [0.4, 0.5) is 14.7 Å². The lowest BCUT2D eigenvalue weighted by atomic mass is 10.2. The van der Waals surface area contributed by atoms with Gasteiger partial charge < -0.3 is 5.73 Å². The summed E-state index contributed by atoms with van der Waals surface area (Å²) < 4.78 is 28.5. The van der Waals surface area contributed by atoms with Crippen molar-refractivity contribution in [3.05, 3.63) is 53.1 Å². The Bertz CT molecular complexity index is 783. The predicted molar refractivity (Wildman–Crippen MR) is 70.4 cm³/mol. The number of para-hydroxylation sites is 1. The Morgan fingerprint density at radius 1 is 1.16 bits per heavy atom. The van der Waals surface area contributed by atoms with Gasteiger partial charge in [-0.15, -0.1) is 0 Å². The van der Waals surface area contributed by atoms with Crippen LogP contribution in [-0.4, -0.2) is 9.55 Å². The summed E-state index contributed by atoms with van der Waals surface area (Å²) in [7, 11) is 0. The maximum absolute atomic E-state index is 13.8. The van der Waals surface area contributed by atoms with Gasteiger partial charge in [0.05, 0.1) is 16.2 Å². The quantitative estimate of drug-likeness (QED) is 0.740. The smallest absolute Gasteiger partial charge is 0.206 e. The molecule has 1 heterocycles. The zero-order valence-corrected chi connectivity index (χ0v) is 10.3. The van der Waals surface area contributed by atoms with Gasteiger partial charge in [-0.05, 0) is 24.3 Å². The first-order valence-electron chi connectivity index (χ1n) is 5.46. The van der Waals surface area contributed by atoms with Crippen LogP contribution in [0.3, 0.4) is 0 Å². The lowest BCUT2D eigenvalue weighted by Crippen LogP contribution is -2.03. The molecule has 3 rings (SSSR count). The van der Waals surface area contributed by atoms with E-state index in [4.69, 9.17) is 17.3 Å². The van der Waals surface area contributed by atoms with Crippen molar-refractivity contribution >= 4 is 28.6 Å². The van der Waals surface area contributed by atoms with Crippen molar-refractivity contribution in [2.45, 2.75) is 0 Å². The second-order valence-corrected chi connectivity index (χ2v) is 4.42. The fraction of sp³-hybridized carbons (Fsp3) is 0. The van der Waals surface area contributed by atoms with Gasteiger partial charge in [-0.25, -0.2) is 13.8 Å². The summed E-state index contributed by atoms with van der Waals surface area (Å²) in [5, 5.41) is 0.403. The van der Waals surface area contributed by atoms with Crippen LogP contribution in [0.5, 0.6) is 0 Å². The van der Waals surface area contributed by atoms with Gasteiger partial charge in [-0.3, -0.25) is 4.57 Å². The molecule has 0 fully saturated rings. The number of anilines is 1. The van der Waals surface area contributed by atoms with Crippen molar-refractivity contribution in [3.63, 3.8) is 0 Å². The average Bonchev–Trinajstić information content (AvgIpc) is 2.70. The van der Waals surface area contributed by atoms with E-state index in [1.165, 1.54) is 4.57 Å². The summed E-state index contributed by atoms with van der Waals surface area (Å²) in [4.78, 5) is 4.08. The zero-order valence-electron chi connectivity index (χ0n) is 9.57. The van der Waals surface area contributed by atoms with Gasteiger partial charge in [0.15, 0.2) is 0 Å². The van der Waals surface area contributed by atoms with Gasteiger partial charge >= 0.3 is 0 Å². The van der Waals surface area contributed by atoms with Crippen LogP contribution in [0, 0.1) is 11.6 Å². The molecule has 2 aromatic carbocycles. The fourth-order valence-corrected chi connectivity index (χ4v) is 2.21. The van der Waals surface area contributed by atoms with E-state index in [2.05, 4.69) is 4.98 Å². The number of hydrogen-bond acceptors (Lipinski definition) is 2. The van der Waals surface area contributed by atoms with E-state index < -0.39 is 11.6 Å². The van der Waals surface area contributed by atoms with Gasteiger partial charge in [0, 0.05) is 6.07 Å². The molecule has 0 unspecified atom stereocenters.